The average Bonchev–Trinajstić information content (AvgIpc) is 2.70. The molecule has 0 atom stereocenters. The molecule has 0 saturated carbocycles. The molecule has 6 heteroatoms. The van der Waals surface area contributed by atoms with Crippen molar-refractivity contribution in [2.45, 2.75) is 38.9 Å². The largest absolute Gasteiger partial charge is 0.528 e. The lowest BCUT2D eigenvalue weighted by atomic mass is 10.2. The first-order chi connectivity index (χ1) is 8.76. The third kappa shape index (κ3) is 2.70. The Morgan fingerprint density at radius 1 is 1.32 bits per heavy atom. The van der Waals surface area contributed by atoms with Crippen molar-refractivity contribution in [3.8, 4) is 11.7 Å². The van der Waals surface area contributed by atoms with Gasteiger partial charge in [-0.05, 0) is 38.1 Å². The van der Waals surface area contributed by atoms with Crippen molar-refractivity contribution in [2.24, 2.45) is 0 Å². The lowest BCUT2D eigenvalue weighted by Gasteiger charge is -2.35. The molecule has 0 bridgehead atoms. The predicted octanol–water partition coefficient (Wildman–Crippen LogP) is 5.36. The van der Waals surface area contributed by atoms with Crippen LogP contribution in [0.4, 0.5) is 0 Å². The van der Waals surface area contributed by atoms with E-state index in [1.807, 2.05) is 22.7 Å². The molecule has 0 spiro atoms. The van der Waals surface area contributed by atoms with Crippen LogP contribution in [-0.4, -0.2) is 12.7 Å². The fourth-order valence-electron chi connectivity index (χ4n) is 1.43. The molecule has 2 aromatic heterocycles. The summed E-state index contributed by atoms with van der Waals surface area (Å²) in [6, 6.07) is 6.03. The van der Waals surface area contributed by atoms with Gasteiger partial charge < -0.3 is 4.43 Å². The van der Waals surface area contributed by atoms with Gasteiger partial charge in [-0.25, -0.2) is 0 Å². The summed E-state index contributed by atoms with van der Waals surface area (Å²) in [5.74, 6) is 0. The first-order valence-electron chi connectivity index (χ1n) is 6.19. The van der Waals surface area contributed by atoms with E-state index in [0.717, 1.165) is 32.2 Å². The standard InChI is InChI=1S/C13H18N2OP2Si/c1-13(2,3)19(4,5)16-12-15-8-6-7-10(9-14)11(15)17-18-12/h6-8H,1-5H3. The maximum Gasteiger partial charge on any atom is 0.252 e. The summed E-state index contributed by atoms with van der Waals surface area (Å²) in [6.45, 7) is 11.2. The zero-order chi connectivity index (χ0) is 14.3. The molecular weight excluding hydrogens is 290 g/mol. The molecule has 0 saturated heterocycles. The highest BCUT2D eigenvalue weighted by Gasteiger charge is 2.39. The van der Waals surface area contributed by atoms with Crippen LogP contribution in [0.15, 0.2) is 18.3 Å². The van der Waals surface area contributed by atoms with Crippen LogP contribution in [0.25, 0.3) is 5.25 Å². The number of fused-ring (bicyclic) bond motifs is 1. The Bertz CT molecular complexity index is 653. The normalized spacial score (nSPS) is 13.3. The Hall–Kier alpha value is -0.873. The summed E-state index contributed by atoms with van der Waals surface area (Å²) in [7, 11) is 0.441. The quantitative estimate of drug-likeness (QED) is 0.701. The summed E-state index contributed by atoms with van der Waals surface area (Å²) >= 11 is 0. The molecule has 0 fully saturated rings. The monoisotopic (exact) mass is 308 g/mol. The molecule has 19 heavy (non-hydrogen) atoms. The molecule has 0 amide bonds. The Balaban J connectivity index is 2.46. The molecular formula is C13H18N2OP2Si. The molecule has 2 aromatic rings. The second kappa shape index (κ2) is 4.91. The van der Waals surface area contributed by atoms with Crippen molar-refractivity contribution in [2.75, 3.05) is 0 Å². The summed E-state index contributed by atoms with van der Waals surface area (Å²) in [5, 5.41) is 10.4. The minimum atomic E-state index is -1.82. The number of aromatic nitrogens is 1. The number of hydrogen-bond acceptors (Lipinski definition) is 2. The molecule has 0 aliphatic carbocycles. The minimum absolute atomic E-state index is 0.183. The van der Waals surface area contributed by atoms with Crippen LogP contribution < -0.4 is 4.43 Å². The molecule has 0 aliphatic rings. The van der Waals surface area contributed by atoms with Crippen LogP contribution in [0.3, 0.4) is 0 Å². The second-order valence-electron chi connectivity index (χ2n) is 6.07. The first-order valence-corrected chi connectivity index (χ1v) is 11.6. The van der Waals surface area contributed by atoms with Crippen LogP contribution in [-0.2, 0) is 0 Å². The molecule has 0 aliphatic heterocycles. The molecule has 0 N–H and O–H groups in total. The van der Waals surface area contributed by atoms with Gasteiger partial charge in [0.15, 0.2) is 0 Å². The SMILES string of the molecule is CC(C)(C)[Si](C)(C)Oc1ppc2c(C#N)cccn12. The van der Waals surface area contributed by atoms with Crippen molar-refractivity contribution >= 4 is 29.3 Å². The van der Waals surface area contributed by atoms with Gasteiger partial charge in [-0.15, -0.1) is 0 Å². The van der Waals surface area contributed by atoms with E-state index < -0.39 is 8.32 Å². The highest BCUT2D eigenvalue weighted by molar-refractivity contribution is 7.93. The van der Waals surface area contributed by atoms with Crippen molar-refractivity contribution in [3.63, 3.8) is 0 Å². The molecule has 0 unspecified atom stereocenters. The Morgan fingerprint density at radius 2 is 2.00 bits per heavy atom. The fourth-order valence-corrected chi connectivity index (χ4v) is 5.96. The second-order valence-corrected chi connectivity index (χ2v) is 13.2. The van der Waals surface area contributed by atoms with Gasteiger partial charge in [0, 0.05) is 14.1 Å². The minimum Gasteiger partial charge on any atom is -0.528 e. The van der Waals surface area contributed by atoms with Gasteiger partial charge in [-0.3, -0.25) is 4.40 Å². The Morgan fingerprint density at radius 3 is 2.58 bits per heavy atom. The van der Waals surface area contributed by atoms with Gasteiger partial charge in [0.1, 0.15) is 6.07 Å². The molecule has 100 valence electrons. The van der Waals surface area contributed by atoms with Gasteiger partial charge in [0.05, 0.1) is 10.8 Å². The van der Waals surface area contributed by atoms with Crippen LogP contribution in [0, 0.1) is 11.3 Å². The number of nitrogens with zero attached hydrogens (tertiary/aromatic N) is 2. The summed E-state index contributed by atoms with van der Waals surface area (Å²) in [5.41, 5.74) is 1.71. The summed E-state index contributed by atoms with van der Waals surface area (Å²) in [6.07, 6.45) is 1.99. The molecule has 0 radical (unpaired) electrons. The lowest BCUT2D eigenvalue weighted by Crippen LogP contribution is -2.43. The van der Waals surface area contributed by atoms with Crippen molar-refractivity contribution in [3.05, 3.63) is 23.9 Å². The number of rotatable bonds is 2. The highest BCUT2D eigenvalue weighted by Crippen LogP contribution is 2.44. The molecule has 0 aromatic carbocycles. The zero-order valence-corrected chi connectivity index (χ0v) is 14.7. The van der Waals surface area contributed by atoms with E-state index in [4.69, 9.17) is 9.69 Å². The first kappa shape index (κ1) is 14.5. The zero-order valence-electron chi connectivity index (χ0n) is 11.9. The van der Waals surface area contributed by atoms with Crippen molar-refractivity contribution in [1.82, 2.24) is 4.40 Å². The lowest BCUT2D eigenvalue weighted by molar-refractivity contribution is 0.484. The van der Waals surface area contributed by atoms with Gasteiger partial charge in [-0.2, -0.15) is 5.26 Å². The van der Waals surface area contributed by atoms with E-state index in [9.17, 15) is 0 Å². The molecule has 3 nitrogen and oxygen atoms in total. The van der Waals surface area contributed by atoms with Crippen molar-refractivity contribution < 1.29 is 4.43 Å². The maximum absolute atomic E-state index is 9.14. The Kier molecular flexibility index (Phi) is 3.75. The average molecular weight is 308 g/mol. The molecule has 2 heterocycles. The van der Waals surface area contributed by atoms with Crippen molar-refractivity contribution in [1.29, 1.82) is 5.26 Å². The summed E-state index contributed by atoms with van der Waals surface area (Å²) < 4.78 is 8.42. The molecule has 2 rings (SSSR count). The van der Waals surface area contributed by atoms with Crippen LogP contribution >= 0.6 is 15.7 Å². The number of pyridine rings is 1. The van der Waals surface area contributed by atoms with Crippen LogP contribution in [0.5, 0.6) is 5.61 Å². The van der Waals surface area contributed by atoms with Gasteiger partial charge in [-0.1, -0.05) is 20.8 Å². The van der Waals surface area contributed by atoms with E-state index in [1.165, 1.54) is 0 Å². The number of nitriles is 1. The third-order valence-electron chi connectivity index (χ3n) is 3.68. The number of hydrogen-bond donors (Lipinski definition) is 0. The third-order valence-corrected chi connectivity index (χ3v) is 10.8. The fraction of sp³-hybridized carbons (Fsp3) is 0.462. The van der Waals surface area contributed by atoms with Gasteiger partial charge in [0.2, 0.25) is 5.61 Å². The van der Waals surface area contributed by atoms with Crippen LogP contribution in [0.2, 0.25) is 18.1 Å². The van der Waals surface area contributed by atoms with E-state index in [0.29, 0.717) is 0 Å². The Labute approximate surface area is 118 Å². The maximum atomic E-state index is 9.14. The predicted molar refractivity (Wildman–Crippen MR) is 85.0 cm³/mol. The van der Waals surface area contributed by atoms with Gasteiger partial charge in [0.25, 0.3) is 8.32 Å². The smallest absolute Gasteiger partial charge is 0.252 e. The topological polar surface area (TPSA) is 37.4 Å². The van der Waals surface area contributed by atoms with E-state index in [-0.39, 0.29) is 5.04 Å². The van der Waals surface area contributed by atoms with E-state index in [2.05, 4.69) is 39.9 Å². The van der Waals surface area contributed by atoms with Gasteiger partial charge >= 0.3 is 0 Å². The van der Waals surface area contributed by atoms with Crippen LogP contribution in [0.1, 0.15) is 26.3 Å². The van der Waals surface area contributed by atoms with E-state index in [1.54, 1.807) is 0 Å². The summed E-state index contributed by atoms with van der Waals surface area (Å²) in [4.78, 5) is 0. The highest BCUT2D eigenvalue weighted by atomic mass is 31.8. The van der Waals surface area contributed by atoms with E-state index >= 15 is 0 Å².